The van der Waals surface area contributed by atoms with E-state index in [9.17, 15) is 13.2 Å². The fraction of sp³-hybridized carbons (Fsp3) is 0.500. The van der Waals surface area contributed by atoms with Crippen molar-refractivity contribution in [1.82, 2.24) is 15.5 Å². The lowest BCUT2D eigenvalue weighted by atomic mass is 9.95. The van der Waals surface area contributed by atoms with Crippen LogP contribution >= 0.6 is 11.3 Å². The van der Waals surface area contributed by atoms with Gasteiger partial charge in [0.05, 0.1) is 4.88 Å². The molecule has 0 aromatic carbocycles. The van der Waals surface area contributed by atoms with Gasteiger partial charge >= 0.3 is 5.22 Å². The van der Waals surface area contributed by atoms with Crippen molar-refractivity contribution < 1.29 is 17.6 Å². The summed E-state index contributed by atoms with van der Waals surface area (Å²) in [5.74, 6) is -1.05. The Kier molecular flexibility index (Phi) is 4.76. The maximum absolute atomic E-state index is 12.2. The summed E-state index contributed by atoms with van der Waals surface area (Å²) in [5.41, 5.74) is 0. The van der Waals surface area contributed by atoms with E-state index < -0.39 is 26.7 Å². The van der Waals surface area contributed by atoms with Gasteiger partial charge in [-0.15, -0.1) is 16.4 Å². The van der Waals surface area contributed by atoms with Crippen molar-refractivity contribution in [2.24, 2.45) is 0 Å². The minimum absolute atomic E-state index is 0.0656. The van der Waals surface area contributed by atoms with E-state index in [0.717, 1.165) is 32.1 Å². The number of rotatable bonds is 5. The monoisotopic (exact) mass is 355 g/mol. The molecule has 2 aromatic rings. The van der Waals surface area contributed by atoms with Gasteiger partial charge in [0.15, 0.2) is 0 Å². The molecule has 1 fully saturated rings. The van der Waals surface area contributed by atoms with Gasteiger partial charge in [-0.25, -0.2) is 8.42 Å². The van der Waals surface area contributed by atoms with Crippen molar-refractivity contribution >= 4 is 27.1 Å². The van der Waals surface area contributed by atoms with E-state index in [1.807, 2.05) is 5.38 Å². The molecule has 3 rings (SSSR count). The zero-order chi connectivity index (χ0) is 16.3. The Morgan fingerprint density at radius 3 is 2.78 bits per heavy atom. The number of hydrogen-bond donors (Lipinski definition) is 1. The van der Waals surface area contributed by atoms with Gasteiger partial charge in [0.1, 0.15) is 5.75 Å². The van der Waals surface area contributed by atoms with Crippen LogP contribution in [0.15, 0.2) is 27.2 Å². The molecule has 124 valence electrons. The molecule has 2 heterocycles. The summed E-state index contributed by atoms with van der Waals surface area (Å²) < 4.78 is 29.6. The molecule has 0 bridgehead atoms. The van der Waals surface area contributed by atoms with Crippen LogP contribution < -0.4 is 5.32 Å². The fourth-order valence-corrected chi connectivity index (χ4v) is 4.15. The largest absolute Gasteiger partial charge is 0.407 e. The molecule has 1 N–H and O–H groups in total. The number of hydrogen-bond acceptors (Lipinski definition) is 7. The van der Waals surface area contributed by atoms with E-state index in [1.165, 1.54) is 11.3 Å². The maximum atomic E-state index is 12.2. The van der Waals surface area contributed by atoms with Crippen LogP contribution in [0.4, 0.5) is 0 Å². The highest BCUT2D eigenvalue weighted by Gasteiger charge is 2.27. The van der Waals surface area contributed by atoms with Crippen molar-refractivity contribution in [3.63, 3.8) is 0 Å². The van der Waals surface area contributed by atoms with E-state index >= 15 is 0 Å². The van der Waals surface area contributed by atoms with E-state index in [0.29, 0.717) is 4.88 Å². The molecular formula is C14H17N3O4S2. The van der Waals surface area contributed by atoms with Crippen molar-refractivity contribution in [3.05, 3.63) is 17.5 Å². The lowest BCUT2D eigenvalue weighted by molar-refractivity contribution is -0.119. The predicted molar refractivity (Wildman–Crippen MR) is 84.7 cm³/mol. The highest BCUT2D eigenvalue weighted by Crippen LogP contribution is 2.24. The molecule has 0 unspecified atom stereocenters. The van der Waals surface area contributed by atoms with Crippen LogP contribution in [-0.2, 0) is 14.6 Å². The number of thiophene rings is 1. The quantitative estimate of drug-likeness (QED) is 0.880. The number of nitrogens with one attached hydrogen (secondary N) is 1. The molecule has 2 aromatic heterocycles. The third kappa shape index (κ3) is 3.97. The highest BCUT2D eigenvalue weighted by atomic mass is 32.2. The van der Waals surface area contributed by atoms with Crippen LogP contribution in [0.5, 0.6) is 0 Å². The van der Waals surface area contributed by atoms with Crippen LogP contribution in [0.2, 0.25) is 0 Å². The van der Waals surface area contributed by atoms with Crippen molar-refractivity contribution in [1.29, 1.82) is 0 Å². The Labute approximate surface area is 138 Å². The molecular weight excluding hydrogens is 338 g/mol. The van der Waals surface area contributed by atoms with Crippen molar-refractivity contribution in [2.45, 2.75) is 43.4 Å². The smallest absolute Gasteiger partial charge is 0.336 e. The van der Waals surface area contributed by atoms with Gasteiger partial charge < -0.3 is 9.73 Å². The fourth-order valence-electron chi connectivity index (χ4n) is 2.59. The average molecular weight is 355 g/mol. The van der Waals surface area contributed by atoms with Gasteiger partial charge in [-0.05, 0) is 24.3 Å². The predicted octanol–water partition coefficient (Wildman–Crippen LogP) is 2.02. The third-order valence-corrected chi connectivity index (χ3v) is 5.89. The second-order valence-corrected chi connectivity index (χ2v) is 8.33. The Morgan fingerprint density at radius 2 is 2.09 bits per heavy atom. The molecule has 1 aliphatic carbocycles. The topological polar surface area (TPSA) is 102 Å². The number of aromatic nitrogens is 2. The van der Waals surface area contributed by atoms with Gasteiger partial charge in [-0.1, -0.05) is 30.4 Å². The van der Waals surface area contributed by atoms with Crippen LogP contribution in [0, 0.1) is 0 Å². The lowest BCUT2D eigenvalue weighted by Crippen LogP contribution is -2.39. The summed E-state index contributed by atoms with van der Waals surface area (Å²) in [5, 5.41) is 11.4. The van der Waals surface area contributed by atoms with Gasteiger partial charge in [-0.2, -0.15) is 0 Å². The molecule has 0 saturated heterocycles. The maximum Gasteiger partial charge on any atom is 0.336 e. The molecule has 0 atom stereocenters. The highest BCUT2D eigenvalue weighted by molar-refractivity contribution is 7.91. The molecule has 0 aliphatic heterocycles. The molecule has 0 spiro atoms. The van der Waals surface area contributed by atoms with Gasteiger partial charge in [0.25, 0.3) is 5.89 Å². The average Bonchev–Trinajstić information content (AvgIpc) is 3.19. The molecule has 9 heteroatoms. The normalized spacial score (nSPS) is 16.3. The summed E-state index contributed by atoms with van der Waals surface area (Å²) in [4.78, 5) is 12.6. The van der Waals surface area contributed by atoms with Gasteiger partial charge in [0, 0.05) is 6.04 Å². The molecule has 7 nitrogen and oxygen atoms in total. The molecule has 1 aliphatic rings. The molecule has 1 saturated carbocycles. The summed E-state index contributed by atoms with van der Waals surface area (Å²) in [7, 11) is -3.93. The Balaban J connectivity index is 1.65. The van der Waals surface area contributed by atoms with E-state index in [1.54, 1.807) is 12.1 Å². The standard InChI is InChI=1S/C14H17N3O4S2/c18-12(15-10-5-2-1-3-6-10)9-23(19,20)14-17-16-13(21-14)11-7-4-8-22-11/h4,7-8,10H,1-3,5-6,9H2,(H,15,18). The van der Waals surface area contributed by atoms with Gasteiger partial charge in [-0.3, -0.25) is 4.79 Å². The SMILES string of the molecule is O=C(CS(=O)(=O)c1nnc(-c2cccs2)o1)NC1CCCCC1. The van der Waals surface area contributed by atoms with Crippen LogP contribution in [0.25, 0.3) is 10.8 Å². The number of amides is 1. The summed E-state index contributed by atoms with van der Waals surface area (Å²) in [6, 6.07) is 3.62. The lowest BCUT2D eigenvalue weighted by Gasteiger charge is -2.22. The Morgan fingerprint density at radius 1 is 1.30 bits per heavy atom. The third-order valence-electron chi connectivity index (χ3n) is 3.70. The molecule has 23 heavy (non-hydrogen) atoms. The first-order chi connectivity index (χ1) is 11.0. The molecule has 0 radical (unpaired) electrons. The number of carbonyl (C=O) groups excluding carboxylic acids is 1. The first-order valence-electron chi connectivity index (χ1n) is 7.44. The van der Waals surface area contributed by atoms with Crippen molar-refractivity contribution in [2.75, 3.05) is 5.75 Å². The first-order valence-corrected chi connectivity index (χ1v) is 9.97. The molecule has 1 amide bonds. The van der Waals surface area contributed by atoms with Crippen LogP contribution in [0.3, 0.4) is 0 Å². The zero-order valence-corrected chi connectivity index (χ0v) is 14.0. The minimum Gasteiger partial charge on any atom is -0.407 e. The summed E-state index contributed by atoms with van der Waals surface area (Å²) in [6.07, 6.45) is 5.08. The minimum atomic E-state index is -3.93. The van der Waals surface area contributed by atoms with Crippen LogP contribution in [0.1, 0.15) is 32.1 Å². The summed E-state index contributed by atoms with van der Waals surface area (Å²) >= 11 is 1.37. The van der Waals surface area contributed by atoms with Crippen molar-refractivity contribution in [3.8, 4) is 10.8 Å². The number of nitrogens with zero attached hydrogens (tertiary/aromatic N) is 2. The van der Waals surface area contributed by atoms with Gasteiger partial charge in [0.2, 0.25) is 15.7 Å². The Bertz CT molecular complexity index is 762. The zero-order valence-electron chi connectivity index (χ0n) is 12.4. The number of sulfone groups is 1. The van der Waals surface area contributed by atoms with E-state index in [4.69, 9.17) is 4.42 Å². The first kappa shape index (κ1) is 16.1. The second-order valence-electron chi connectivity index (χ2n) is 5.51. The second kappa shape index (κ2) is 6.79. The van der Waals surface area contributed by atoms with E-state index in [2.05, 4.69) is 15.5 Å². The number of carbonyl (C=O) groups is 1. The summed E-state index contributed by atoms with van der Waals surface area (Å²) in [6.45, 7) is 0. The van der Waals surface area contributed by atoms with Crippen LogP contribution in [-0.4, -0.2) is 36.3 Å². The van der Waals surface area contributed by atoms with E-state index in [-0.39, 0.29) is 11.9 Å². The Hall–Kier alpha value is -1.74.